The number of carbonyl (C=O) groups excluding carboxylic acids is 1. The Kier molecular flexibility index (Phi) is 5.55. The smallest absolute Gasteiger partial charge is 0.324 e. The van der Waals surface area contributed by atoms with E-state index in [1.54, 1.807) is 17.5 Å². The number of carbonyl (C=O) groups is 1. The number of benzene rings is 1. The van der Waals surface area contributed by atoms with Gasteiger partial charge in [-0.05, 0) is 49.1 Å². The van der Waals surface area contributed by atoms with Crippen molar-refractivity contribution in [3.8, 4) is 10.4 Å². The number of aryl methyl sites for hydroxylation is 1. The summed E-state index contributed by atoms with van der Waals surface area (Å²) >= 11 is 1.55. The first kappa shape index (κ1) is 20.5. The molecule has 156 valence electrons. The summed E-state index contributed by atoms with van der Waals surface area (Å²) < 4.78 is 38.7. The molecule has 2 aromatic heterocycles. The van der Waals surface area contributed by atoms with Crippen LogP contribution >= 0.6 is 11.3 Å². The van der Waals surface area contributed by atoms with E-state index in [4.69, 9.17) is 0 Å². The van der Waals surface area contributed by atoms with Crippen molar-refractivity contribution in [2.75, 3.05) is 5.32 Å². The van der Waals surface area contributed by atoms with Crippen LogP contribution in [-0.2, 0) is 11.0 Å². The third-order valence-corrected chi connectivity index (χ3v) is 6.13. The number of anilines is 2. The van der Waals surface area contributed by atoms with E-state index in [1.807, 2.05) is 25.1 Å². The lowest BCUT2D eigenvalue weighted by atomic mass is 9.89. The fourth-order valence-corrected chi connectivity index (χ4v) is 4.59. The van der Waals surface area contributed by atoms with Crippen molar-refractivity contribution in [3.63, 3.8) is 0 Å². The van der Waals surface area contributed by atoms with Gasteiger partial charge in [0.05, 0.1) is 9.88 Å². The van der Waals surface area contributed by atoms with Crippen LogP contribution in [0.2, 0.25) is 0 Å². The highest BCUT2D eigenvalue weighted by atomic mass is 32.1. The Morgan fingerprint density at radius 2 is 2.03 bits per heavy atom. The molecule has 0 radical (unpaired) electrons. The van der Waals surface area contributed by atoms with Gasteiger partial charge < -0.3 is 5.32 Å². The first-order valence-electron chi connectivity index (χ1n) is 9.55. The van der Waals surface area contributed by atoms with Crippen molar-refractivity contribution in [2.45, 2.75) is 44.7 Å². The molecule has 9 heteroatoms. The number of hydrogen-bond acceptors (Lipinski definition) is 6. The molecule has 30 heavy (non-hydrogen) atoms. The molecule has 1 atom stereocenters. The number of aromatic nitrogens is 3. The lowest BCUT2D eigenvalue weighted by molar-refractivity contribution is -0.141. The summed E-state index contributed by atoms with van der Waals surface area (Å²) in [6.07, 6.45) is 1.39. The van der Waals surface area contributed by atoms with Gasteiger partial charge in [-0.25, -0.2) is 15.0 Å². The predicted octanol–water partition coefficient (Wildman–Crippen LogP) is 5.90. The van der Waals surface area contributed by atoms with Crippen LogP contribution in [0, 0.1) is 6.92 Å². The Morgan fingerprint density at radius 3 is 2.80 bits per heavy atom. The summed E-state index contributed by atoms with van der Waals surface area (Å²) in [7, 11) is 0. The van der Waals surface area contributed by atoms with Crippen LogP contribution in [0.3, 0.4) is 0 Å². The molecular weight excluding hydrogens is 413 g/mol. The first-order chi connectivity index (χ1) is 14.3. The van der Waals surface area contributed by atoms with E-state index < -0.39 is 11.9 Å². The van der Waals surface area contributed by atoms with E-state index in [1.165, 1.54) is 0 Å². The van der Waals surface area contributed by atoms with Crippen molar-refractivity contribution >= 4 is 28.8 Å². The minimum atomic E-state index is -4.53. The monoisotopic (exact) mass is 432 g/mol. The summed E-state index contributed by atoms with van der Waals surface area (Å²) in [4.78, 5) is 24.7. The summed E-state index contributed by atoms with van der Waals surface area (Å²) in [6.45, 7) is 1.91. The van der Waals surface area contributed by atoms with Gasteiger partial charge in [0.15, 0.2) is 0 Å². The van der Waals surface area contributed by atoms with Gasteiger partial charge in [0, 0.05) is 36.8 Å². The third kappa shape index (κ3) is 4.67. The molecule has 0 amide bonds. The minimum Gasteiger partial charge on any atom is -0.324 e. The topological polar surface area (TPSA) is 67.8 Å². The van der Waals surface area contributed by atoms with Crippen LogP contribution in [0.25, 0.3) is 10.4 Å². The standard InChI is InChI=1S/C21H19F3N4OS/c1-12-7-14(17-11-26-19(30-17)13-3-2-4-16(29)10-13)9-15(8-12)27-20-25-6-5-18(28-20)21(22,23)24/h5-9,11,13H,2-4,10H2,1H3,(H,25,27,28). The van der Waals surface area contributed by atoms with Crippen molar-refractivity contribution in [3.05, 3.63) is 52.9 Å². The predicted molar refractivity (Wildman–Crippen MR) is 109 cm³/mol. The summed E-state index contributed by atoms with van der Waals surface area (Å²) in [5, 5.41) is 3.81. The van der Waals surface area contributed by atoms with E-state index in [-0.39, 0.29) is 17.6 Å². The number of alkyl halides is 3. The van der Waals surface area contributed by atoms with Crippen LogP contribution < -0.4 is 5.32 Å². The number of nitrogens with one attached hydrogen (secondary N) is 1. The fraction of sp³-hybridized carbons (Fsp3) is 0.333. The Morgan fingerprint density at radius 1 is 1.20 bits per heavy atom. The molecular formula is C21H19F3N4OS. The van der Waals surface area contributed by atoms with Gasteiger partial charge in [0.25, 0.3) is 0 Å². The van der Waals surface area contributed by atoms with Gasteiger partial charge in [-0.3, -0.25) is 4.79 Å². The molecule has 1 saturated carbocycles. The molecule has 4 rings (SSSR count). The molecule has 5 nitrogen and oxygen atoms in total. The van der Waals surface area contributed by atoms with Crippen molar-refractivity contribution in [1.82, 2.24) is 15.0 Å². The van der Waals surface area contributed by atoms with E-state index in [9.17, 15) is 18.0 Å². The zero-order valence-electron chi connectivity index (χ0n) is 16.2. The van der Waals surface area contributed by atoms with Crippen LogP contribution in [0.5, 0.6) is 0 Å². The molecule has 3 aromatic rings. The number of nitrogens with zero attached hydrogens (tertiary/aromatic N) is 3. The minimum absolute atomic E-state index is 0.118. The number of ketones is 1. The molecule has 1 unspecified atom stereocenters. The van der Waals surface area contributed by atoms with Crippen LogP contribution in [0.15, 0.2) is 36.7 Å². The zero-order chi connectivity index (χ0) is 21.3. The molecule has 0 bridgehead atoms. The lowest BCUT2D eigenvalue weighted by Crippen LogP contribution is -2.12. The van der Waals surface area contributed by atoms with Crippen molar-refractivity contribution < 1.29 is 18.0 Å². The van der Waals surface area contributed by atoms with Gasteiger partial charge in [0.1, 0.15) is 11.5 Å². The van der Waals surface area contributed by atoms with E-state index in [0.717, 1.165) is 46.1 Å². The third-order valence-electron chi connectivity index (χ3n) is 4.92. The quantitative estimate of drug-likeness (QED) is 0.556. The number of halogens is 3. The molecule has 0 saturated heterocycles. The summed E-state index contributed by atoms with van der Waals surface area (Å²) in [5.41, 5.74) is 1.43. The number of Topliss-reactive ketones (excluding diaryl/α,β-unsaturated/α-hetero) is 1. The van der Waals surface area contributed by atoms with E-state index in [2.05, 4.69) is 20.3 Å². The fourth-order valence-electron chi connectivity index (χ4n) is 3.55. The second-order valence-electron chi connectivity index (χ2n) is 7.37. The highest BCUT2D eigenvalue weighted by molar-refractivity contribution is 7.15. The highest BCUT2D eigenvalue weighted by Gasteiger charge is 2.32. The van der Waals surface area contributed by atoms with Gasteiger partial charge in [-0.2, -0.15) is 13.2 Å². The van der Waals surface area contributed by atoms with Crippen LogP contribution in [0.1, 0.15) is 47.9 Å². The maximum atomic E-state index is 12.9. The molecule has 1 fully saturated rings. The van der Waals surface area contributed by atoms with Gasteiger partial charge in [-0.15, -0.1) is 11.3 Å². The molecule has 1 aliphatic carbocycles. The molecule has 1 aromatic carbocycles. The van der Waals surface area contributed by atoms with E-state index >= 15 is 0 Å². The van der Waals surface area contributed by atoms with Gasteiger partial charge in [0.2, 0.25) is 5.95 Å². The largest absolute Gasteiger partial charge is 0.433 e. The summed E-state index contributed by atoms with van der Waals surface area (Å²) in [6, 6.07) is 6.47. The average Bonchev–Trinajstić information content (AvgIpc) is 3.17. The normalized spacial score (nSPS) is 17.2. The van der Waals surface area contributed by atoms with Gasteiger partial charge in [-0.1, -0.05) is 6.07 Å². The lowest BCUT2D eigenvalue weighted by Gasteiger charge is -2.18. The van der Waals surface area contributed by atoms with Crippen LogP contribution in [0.4, 0.5) is 24.8 Å². The first-order valence-corrected chi connectivity index (χ1v) is 10.4. The van der Waals surface area contributed by atoms with Crippen molar-refractivity contribution in [2.24, 2.45) is 0 Å². The Bertz CT molecular complexity index is 1080. The highest BCUT2D eigenvalue weighted by Crippen LogP contribution is 2.37. The molecule has 0 spiro atoms. The number of thiazole rings is 1. The molecule has 2 heterocycles. The Balaban J connectivity index is 1.58. The van der Waals surface area contributed by atoms with Crippen LogP contribution in [-0.4, -0.2) is 20.7 Å². The van der Waals surface area contributed by atoms with E-state index in [0.29, 0.717) is 18.5 Å². The second kappa shape index (κ2) is 8.14. The zero-order valence-corrected chi connectivity index (χ0v) is 17.0. The molecule has 0 aliphatic heterocycles. The molecule has 1 aliphatic rings. The second-order valence-corrected chi connectivity index (χ2v) is 8.43. The van der Waals surface area contributed by atoms with Crippen molar-refractivity contribution in [1.29, 1.82) is 0 Å². The SMILES string of the molecule is Cc1cc(Nc2nccc(C(F)(F)F)n2)cc(-c2cnc(C3CCCC(=O)C3)s2)c1. The van der Waals surface area contributed by atoms with Gasteiger partial charge >= 0.3 is 6.18 Å². The molecule has 1 N–H and O–H groups in total. The maximum absolute atomic E-state index is 12.9. The maximum Gasteiger partial charge on any atom is 0.433 e. The Labute approximate surface area is 175 Å². The Hall–Kier alpha value is -2.81. The summed E-state index contributed by atoms with van der Waals surface area (Å²) in [5.74, 6) is 0.337. The number of hydrogen-bond donors (Lipinski definition) is 1. The number of rotatable bonds is 4. The average molecular weight is 432 g/mol.